The SMILES string of the molecule is CCC1CCCN(c2c(N)c(C(C)C)nn2C)C1. The third-order valence-electron chi connectivity index (χ3n) is 4.02. The molecule has 0 aliphatic carbocycles. The molecule has 1 aromatic heterocycles. The van der Waals surface area contributed by atoms with Gasteiger partial charge in [0.25, 0.3) is 0 Å². The Morgan fingerprint density at radius 2 is 2.17 bits per heavy atom. The van der Waals surface area contributed by atoms with Gasteiger partial charge in [0, 0.05) is 20.1 Å². The van der Waals surface area contributed by atoms with Crippen LogP contribution in [0.1, 0.15) is 51.6 Å². The maximum Gasteiger partial charge on any atom is 0.150 e. The van der Waals surface area contributed by atoms with Crippen LogP contribution in [0.4, 0.5) is 11.5 Å². The molecule has 1 fully saturated rings. The molecular weight excluding hydrogens is 224 g/mol. The molecule has 102 valence electrons. The minimum Gasteiger partial charge on any atom is -0.394 e. The number of hydrogen-bond acceptors (Lipinski definition) is 3. The van der Waals surface area contributed by atoms with Crippen LogP contribution >= 0.6 is 0 Å². The molecule has 0 bridgehead atoms. The molecule has 0 amide bonds. The second-order valence-electron chi connectivity index (χ2n) is 5.76. The van der Waals surface area contributed by atoms with Crippen LogP contribution in [-0.4, -0.2) is 22.9 Å². The first-order chi connectivity index (χ1) is 8.54. The zero-order valence-corrected chi connectivity index (χ0v) is 12.1. The van der Waals surface area contributed by atoms with E-state index in [0.29, 0.717) is 5.92 Å². The van der Waals surface area contributed by atoms with Crippen molar-refractivity contribution in [2.24, 2.45) is 13.0 Å². The molecule has 0 aromatic carbocycles. The predicted octanol–water partition coefficient (Wildman–Crippen LogP) is 2.75. The first kappa shape index (κ1) is 13.2. The van der Waals surface area contributed by atoms with E-state index in [1.165, 1.54) is 19.3 Å². The summed E-state index contributed by atoms with van der Waals surface area (Å²) in [6, 6.07) is 0. The number of aromatic nitrogens is 2. The van der Waals surface area contributed by atoms with Crippen molar-refractivity contribution in [1.29, 1.82) is 0 Å². The lowest BCUT2D eigenvalue weighted by Crippen LogP contribution is -2.36. The second-order valence-corrected chi connectivity index (χ2v) is 5.76. The molecular formula is C14H26N4. The van der Waals surface area contributed by atoms with Gasteiger partial charge in [0.15, 0.2) is 0 Å². The molecule has 1 unspecified atom stereocenters. The van der Waals surface area contributed by atoms with Gasteiger partial charge in [-0.1, -0.05) is 27.2 Å². The first-order valence-electron chi connectivity index (χ1n) is 7.11. The van der Waals surface area contributed by atoms with Crippen molar-refractivity contribution in [2.75, 3.05) is 23.7 Å². The average molecular weight is 250 g/mol. The molecule has 1 aromatic rings. The largest absolute Gasteiger partial charge is 0.394 e. The second kappa shape index (κ2) is 5.21. The lowest BCUT2D eigenvalue weighted by molar-refractivity contribution is 0.400. The summed E-state index contributed by atoms with van der Waals surface area (Å²) >= 11 is 0. The highest BCUT2D eigenvalue weighted by atomic mass is 15.4. The van der Waals surface area contributed by atoms with Crippen molar-refractivity contribution < 1.29 is 0 Å². The maximum atomic E-state index is 6.30. The molecule has 1 atom stereocenters. The van der Waals surface area contributed by atoms with Gasteiger partial charge in [-0.05, 0) is 24.7 Å². The summed E-state index contributed by atoms with van der Waals surface area (Å²) in [6.45, 7) is 8.80. The van der Waals surface area contributed by atoms with Crippen LogP contribution in [0.15, 0.2) is 0 Å². The van der Waals surface area contributed by atoms with Crippen molar-refractivity contribution in [1.82, 2.24) is 9.78 Å². The lowest BCUT2D eigenvalue weighted by Gasteiger charge is -2.34. The summed E-state index contributed by atoms with van der Waals surface area (Å²) in [5.41, 5.74) is 8.21. The van der Waals surface area contributed by atoms with E-state index >= 15 is 0 Å². The zero-order valence-electron chi connectivity index (χ0n) is 12.1. The topological polar surface area (TPSA) is 47.1 Å². The normalized spacial score (nSPS) is 20.7. The third-order valence-corrected chi connectivity index (χ3v) is 4.02. The number of aryl methyl sites for hydroxylation is 1. The fourth-order valence-corrected chi connectivity index (χ4v) is 2.94. The molecule has 0 radical (unpaired) electrons. The van der Waals surface area contributed by atoms with Gasteiger partial charge in [-0.15, -0.1) is 0 Å². The lowest BCUT2D eigenvalue weighted by atomic mass is 9.95. The number of anilines is 2. The molecule has 2 N–H and O–H groups in total. The van der Waals surface area contributed by atoms with Crippen molar-refractivity contribution in [3.05, 3.63) is 5.69 Å². The number of hydrogen-bond donors (Lipinski definition) is 1. The van der Waals surface area contributed by atoms with E-state index in [-0.39, 0.29) is 0 Å². The van der Waals surface area contributed by atoms with Crippen molar-refractivity contribution in [3.63, 3.8) is 0 Å². The van der Waals surface area contributed by atoms with Gasteiger partial charge in [-0.3, -0.25) is 4.68 Å². The first-order valence-corrected chi connectivity index (χ1v) is 7.11. The minimum absolute atomic E-state index is 0.386. The molecule has 1 aliphatic heterocycles. The van der Waals surface area contributed by atoms with Crippen LogP contribution in [0.2, 0.25) is 0 Å². The molecule has 4 heteroatoms. The third kappa shape index (κ3) is 2.33. The molecule has 1 saturated heterocycles. The summed E-state index contributed by atoms with van der Waals surface area (Å²) in [5, 5.41) is 4.59. The van der Waals surface area contributed by atoms with E-state index in [0.717, 1.165) is 36.2 Å². The van der Waals surface area contributed by atoms with Gasteiger partial charge in [-0.25, -0.2) is 0 Å². The number of piperidine rings is 1. The molecule has 18 heavy (non-hydrogen) atoms. The van der Waals surface area contributed by atoms with Crippen molar-refractivity contribution in [2.45, 2.75) is 46.0 Å². The van der Waals surface area contributed by atoms with E-state index in [2.05, 4.69) is 30.8 Å². The quantitative estimate of drug-likeness (QED) is 0.897. The van der Waals surface area contributed by atoms with Gasteiger partial charge >= 0.3 is 0 Å². The Balaban J connectivity index is 2.27. The highest BCUT2D eigenvalue weighted by molar-refractivity contribution is 5.67. The summed E-state index contributed by atoms with van der Waals surface area (Å²) in [6.07, 6.45) is 3.87. The maximum absolute atomic E-state index is 6.30. The Morgan fingerprint density at radius 1 is 1.44 bits per heavy atom. The molecule has 2 rings (SSSR count). The Hall–Kier alpha value is -1.19. The fraction of sp³-hybridized carbons (Fsp3) is 0.786. The smallest absolute Gasteiger partial charge is 0.150 e. The fourth-order valence-electron chi connectivity index (χ4n) is 2.94. The Morgan fingerprint density at radius 3 is 2.72 bits per heavy atom. The standard InChI is InChI=1S/C14H26N4/c1-5-11-7-6-8-18(9-11)14-12(15)13(10(2)3)16-17(14)4/h10-11H,5-9,15H2,1-4H3. The summed E-state index contributed by atoms with van der Waals surface area (Å²) in [4.78, 5) is 2.42. The molecule has 1 aliphatic rings. The van der Waals surface area contributed by atoms with Crippen LogP contribution in [0.5, 0.6) is 0 Å². The molecule has 2 heterocycles. The van der Waals surface area contributed by atoms with Gasteiger partial charge in [-0.2, -0.15) is 5.10 Å². The van der Waals surface area contributed by atoms with E-state index in [4.69, 9.17) is 5.73 Å². The minimum atomic E-state index is 0.386. The predicted molar refractivity (Wildman–Crippen MR) is 76.9 cm³/mol. The van der Waals surface area contributed by atoms with Gasteiger partial charge < -0.3 is 10.6 Å². The monoisotopic (exact) mass is 250 g/mol. The van der Waals surface area contributed by atoms with E-state index in [1.807, 2.05) is 11.7 Å². The average Bonchev–Trinajstić information content (AvgIpc) is 2.65. The number of rotatable bonds is 3. The Labute approximate surface area is 110 Å². The summed E-state index contributed by atoms with van der Waals surface area (Å²) in [5.74, 6) is 2.31. The van der Waals surface area contributed by atoms with Crippen molar-refractivity contribution in [3.8, 4) is 0 Å². The zero-order chi connectivity index (χ0) is 13.3. The van der Waals surface area contributed by atoms with Gasteiger partial charge in [0.05, 0.1) is 11.4 Å². The highest BCUT2D eigenvalue weighted by Crippen LogP contribution is 2.33. The molecule has 0 spiro atoms. The van der Waals surface area contributed by atoms with E-state index in [9.17, 15) is 0 Å². The van der Waals surface area contributed by atoms with E-state index in [1.54, 1.807) is 0 Å². The number of nitrogens with two attached hydrogens (primary N) is 1. The van der Waals surface area contributed by atoms with Crippen LogP contribution in [0, 0.1) is 5.92 Å². The van der Waals surface area contributed by atoms with Gasteiger partial charge in [0.1, 0.15) is 5.82 Å². The highest BCUT2D eigenvalue weighted by Gasteiger charge is 2.25. The van der Waals surface area contributed by atoms with Crippen LogP contribution in [-0.2, 0) is 7.05 Å². The van der Waals surface area contributed by atoms with Gasteiger partial charge in [0.2, 0.25) is 0 Å². The molecule has 4 nitrogen and oxygen atoms in total. The Bertz CT molecular complexity index is 408. The summed E-state index contributed by atoms with van der Waals surface area (Å²) < 4.78 is 1.96. The number of nitrogen functional groups attached to an aromatic ring is 1. The summed E-state index contributed by atoms with van der Waals surface area (Å²) in [7, 11) is 2.01. The van der Waals surface area contributed by atoms with Crippen LogP contribution in [0.25, 0.3) is 0 Å². The Kier molecular flexibility index (Phi) is 3.83. The number of nitrogens with zero attached hydrogens (tertiary/aromatic N) is 3. The van der Waals surface area contributed by atoms with E-state index < -0.39 is 0 Å². The van der Waals surface area contributed by atoms with Crippen molar-refractivity contribution >= 4 is 11.5 Å². The molecule has 0 saturated carbocycles. The van der Waals surface area contributed by atoms with Crippen LogP contribution < -0.4 is 10.6 Å². The van der Waals surface area contributed by atoms with Crippen LogP contribution in [0.3, 0.4) is 0 Å².